The third kappa shape index (κ3) is 5.56. The number of benzene rings is 1. The summed E-state index contributed by atoms with van der Waals surface area (Å²) in [6.45, 7) is -0.562. The molecule has 0 atom stereocenters. The van der Waals surface area contributed by atoms with E-state index in [2.05, 4.69) is 0 Å². The van der Waals surface area contributed by atoms with E-state index in [1.54, 1.807) is 0 Å². The second-order valence-corrected chi connectivity index (χ2v) is 4.04. The molecule has 0 spiro atoms. The second kappa shape index (κ2) is 7.23. The minimum Gasteiger partial charge on any atom is -0.494 e. The highest BCUT2D eigenvalue weighted by Gasteiger charge is 2.26. The van der Waals surface area contributed by atoms with E-state index in [1.807, 2.05) is 0 Å². The van der Waals surface area contributed by atoms with Crippen LogP contribution in [0.2, 0.25) is 0 Å². The number of hydrogen-bond donors (Lipinski definition) is 0. The maximum atomic E-state index is 13.3. The molecule has 0 aliphatic heterocycles. The molecule has 20 heavy (non-hydrogen) atoms. The van der Waals surface area contributed by atoms with Crippen molar-refractivity contribution >= 4 is 5.78 Å². The van der Waals surface area contributed by atoms with E-state index in [0.717, 1.165) is 6.07 Å². The smallest absolute Gasteiger partial charge is 0.389 e. The zero-order valence-corrected chi connectivity index (χ0v) is 10.8. The normalized spacial score (nSPS) is 11.4. The van der Waals surface area contributed by atoms with Gasteiger partial charge >= 0.3 is 6.18 Å². The van der Waals surface area contributed by atoms with Gasteiger partial charge in [0.1, 0.15) is 6.61 Å². The molecular formula is C13H14F4O3. The molecule has 3 nitrogen and oxygen atoms in total. The molecule has 0 heterocycles. The molecule has 0 aliphatic carbocycles. The standard InChI is InChI=1S/C13H14F4O3/c1-19-12-4-3-9(7-10(12)14)11(18)8-20-6-2-5-13(15,16)17/h3-4,7H,2,5-6,8H2,1H3. The molecule has 112 valence electrons. The number of rotatable bonds is 7. The number of carbonyl (C=O) groups is 1. The average molecular weight is 294 g/mol. The summed E-state index contributed by atoms with van der Waals surface area (Å²) >= 11 is 0. The van der Waals surface area contributed by atoms with E-state index in [4.69, 9.17) is 9.47 Å². The first-order valence-electron chi connectivity index (χ1n) is 5.84. The van der Waals surface area contributed by atoms with Gasteiger partial charge in [0.25, 0.3) is 0 Å². The summed E-state index contributed by atoms with van der Waals surface area (Å²) in [7, 11) is 1.30. The molecule has 1 aromatic carbocycles. The van der Waals surface area contributed by atoms with E-state index < -0.39 is 24.2 Å². The quantitative estimate of drug-likeness (QED) is 0.439. The molecule has 0 amide bonds. The van der Waals surface area contributed by atoms with Crippen molar-refractivity contribution in [3.05, 3.63) is 29.6 Å². The van der Waals surface area contributed by atoms with Gasteiger partial charge in [-0.05, 0) is 24.6 Å². The molecule has 1 rings (SSSR count). The van der Waals surface area contributed by atoms with Crippen molar-refractivity contribution in [2.75, 3.05) is 20.3 Å². The molecule has 0 radical (unpaired) electrons. The Labute approximate surface area is 113 Å². The Hall–Kier alpha value is -1.63. The number of halogens is 4. The van der Waals surface area contributed by atoms with Crippen LogP contribution in [0.1, 0.15) is 23.2 Å². The Morgan fingerprint density at radius 3 is 2.55 bits per heavy atom. The maximum Gasteiger partial charge on any atom is 0.389 e. The van der Waals surface area contributed by atoms with Crippen molar-refractivity contribution in [1.82, 2.24) is 0 Å². The van der Waals surface area contributed by atoms with E-state index in [1.165, 1.54) is 19.2 Å². The van der Waals surface area contributed by atoms with E-state index in [0.29, 0.717) is 0 Å². The lowest BCUT2D eigenvalue weighted by Crippen LogP contribution is -2.13. The number of ether oxygens (including phenoxy) is 2. The topological polar surface area (TPSA) is 35.5 Å². The minimum atomic E-state index is -4.23. The number of alkyl halides is 3. The summed E-state index contributed by atoms with van der Waals surface area (Å²) < 4.78 is 58.4. The zero-order chi connectivity index (χ0) is 15.2. The second-order valence-electron chi connectivity index (χ2n) is 4.04. The third-order valence-corrected chi connectivity index (χ3v) is 2.46. The van der Waals surface area contributed by atoms with E-state index in [-0.39, 0.29) is 30.9 Å². The van der Waals surface area contributed by atoms with Crippen molar-refractivity contribution in [3.8, 4) is 5.75 Å². The van der Waals surface area contributed by atoms with Gasteiger partial charge in [0.2, 0.25) is 0 Å². The lowest BCUT2D eigenvalue weighted by atomic mass is 10.1. The summed E-state index contributed by atoms with van der Waals surface area (Å²) in [5, 5.41) is 0. The fraction of sp³-hybridized carbons (Fsp3) is 0.462. The summed E-state index contributed by atoms with van der Waals surface area (Å²) in [6, 6.07) is 3.66. The fourth-order valence-corrected chi connectivity index (χ4v) is 1.46. The Morgan fingerprint density at radius 2 is 2.00 bits per heavy atom. The van der Waals surface area contributed by atoms with Crippen LogP contribution in [0.4, 0.5) is 17.6 Å². The summed E-state index contributed by atoms with van der Waals surface area (Å²) in [4.78, 5) is 11.6. The van der Waals surface area contributed by atoms with Gasteiger partial charge in [0.05, 0.1) is 7.11 Å². The summed E-state index contributed by atoms with van der Waals surface area (Å²) in [5.74, 6) is -1.18. The number of Topliss-reactive ketones (excluding diaryl/α,β-unsaturated/α-hetero) is 1. The van der Waals surface area contributed by atoms with Gasteiger partial charge in [0, 0.05) is 18.6 Å². The Bertz CT molecular complexity index is 457. The highest BCUT2D eigenvalue weighted by Crippen LogP contribution is 2.21. The van der Waals surface area contributed by atoms with Crippen LogP contribution in [0, 0.1) is 5.82 Å². The zero-order valence-electron chi connectivity index (χ0n) is 10.8. The molecule has 0 unspecified atom stereocenters. The predicted molar refractivity (Wildman–Crippen MR) is 63.4 cm³/mol. The SMILES string of the molecule is COc1ccc(C(=O)COCCCC(F)(F)F)cc1F. The average Bonchev–Trinajstić information content (AvgIpc) is 2.36. The third-order valence-electron chi connectivity index (χ3n) is 2.46. The van der Waals surface area contributed by atoms with Crippen molar-refractivity contribution in [2.24, 2.45) is 0 Å². The molecule has 0 bridgehead atoms. The monoisotopic (exact) mass is 294 g/mol. The lowest BCUT2D eigenvalue weighted by Gasteiger charge is -2.07. The lowest BCUT2D eigenvalue weighted by molar-refractivity contribution is -0.137. The molecule has 0 aliphatic rings. The molecule has 1 aromatic rings. The summed E-state index contributed by atoms with van der Waals surface area (Å²) in [5.41, 5.74) is 0.0825. The molecular weight excluding hydrogens is 280 g/mol. The molecule has 0 saturated heterocycles. The van der Waals surface area contributed by atoms with Crippen molar-refractivity contribution < 1.29 is 31.8 Å². The van der Waals surface area contributed by atoms with E-state index in [9.17, 15) is 22.4 Å². The van der Waals surface area contributed by atoms with Crippen LogP contribution in [0.3, 0.4) is 0 Å². The maximum absolute atomic E-state index is 13.3. The van der Waals surface area contributed by atoms with Crippen LogP contribution in [0.15, 0.2) is 18.2 Å². The number of ketones is 1. The van der Waals surface area contributed by atoms with Gasteiger partial charge in [-0.2, -0.15) is 13.2 Å². The number of hydrogen-bond acceptors (Lipinski definition) is 3. The minimum absolute atomic E-state index is 0.00708. The van der Waals surface area contributed by atoms with Crippen LogP contribution in [0.25, 0.3) is 0 Å². The van der Waals surface area contributed by atoms with Crippen LogP contribution in [-0.2, 0) is 4.74 Å². The molecule has 0 N–H and O–H groups in total. The molecule has 0 aromatic heterocycles. The van der Waals surface area contributed by atoms with Gasteiger partial charge in [-0.25, -0.2) is 4.39 Å². The first kappa shape index (κ1) is 16.4. The van der Waals surface area contributed by atoms with Gasteiger partial charge in [-0.3, -0.25) is 4.79 Å². The Morgan fingerprint density at radius 1 is 1.30 bits per heavy atom. The molecule has 0 fully saturated rings. The Kier molecular flexibility index (Phi) is 5.94. The van der Waals surface area contributed by atoms with E-state index >= 15 is 0 Å². The fourth-order valence-electron chi connectivity index (χ4n) is 1.46. The first-order valence-corrected chi connectivity index (χ1v) is 5.84. The highest BCUT2D eigenvalue weighted by molar-refractivity contribution is 5.97. The summed E-state index contributed by atoms with van der Waals surface area (Å²) in [6.07, 6.45) is -5.40. The first-order chi connectivity index (χ1) is 9.33. The van der Waals surface area contributed by atoms with Gasteiger partial charge < -0.3 is 9.47 Å². The van der Waals surface area contributed by atoms with Crippen molar-refractivity contribution in [1.29, 1.82) is 0 Å². The van der Waals surface area contributed by atoms with Crippen LogP contribution < -0.4 is 4.74 Å². The largest absolute Gasteiger partial charge is 0.494 e. The van der Waals surface area contributed by atoms with Crippen LogP contribution in [-0.4, -0.2) is 32.3 Å². The molecule has 0 saturated carbocycles. The van der Waals surface area contributed by atoms with Crippen molar-refractivity contribution in [3.63, 3.8) is 0 Å². The Balaban J connectivity index is 2.38. The number of methoxy groups -OCH3 is 1. The van der Waals surface area contributed by atoms with Gasteiger partial charge in [-0.15, -0.1) is 0 Å². The van der Waals surface area contributed by atoms with Crippen LogP contribution >= 0.6 is 0 Å². The predicted octanol–water partition coefficient (Wildman–Crippen LogP) is 3.38. The number of carbonyl (C=O) groups excluding carboxylic acids is 1. The molecule has 7 heteroatoms. The van der Waals surface area contributed by atoms with Gasteiger partial charge in [0.15, 0.2) is 17.3 Å². The van der Waals surface area contributed by atoms with Crippen molar-refractivity contribution in [2.45, 2.75) is 19.0 Å². The van der Waals surface area contributed by atoms with Gasteiger partial charge in [-0.1, -0.05) is 0 Å². The highest BCUT2D eigenvalue weighted by atomic mass is 19.4. The van der Waals surface area contributed by atoms with Crippen LogP contribution in [0.5, 0.6) is 5.75 Å².